The van der Waals surface area contributed by atoms with Crippen LogP contribution in [0.5, 0.6) is 0 Å². The summed E-state index contributed by atoms with van der Waals surface area (Å²) in [6, 6.07) is 3.49. The normalized spacial score (nSPS) is 27.5. The molecule has 170 valence electrons. The van der Waals surface area contributed by atoms with E-state index in [0.29, 0.717) is 19.5 Å². The van der Waals surface area contributed by atoms with Crippen molar-refractivity contribution in [3.8, 4) is 0 Å². The van der Waals surface area contributed by atoms with Crippen molar-refractivity contribution < 1.29 is 18.1 Å². The number of fused-ring (bicyclic) bond motifs is 1. The fourth-order valence-corrected chi connectivity index (χ4v) is 7.06. The number of nitrogens with two attached hydrogens (primary N) is 1. The van der Waals surface area contributed by atoms with E-state index in [1.165, 1.54) is 16.4 Å². The van der Waals surface area contributed by atoms with Gasteiger partial charge in [-0.3, -0.25) is 14.9 Å². The number of anilines is 1. The topological polar surface area (TPSA) is 127 Å². The van der Waals surface area contributed by atoms with Gasteiger partial charge in [-0.15, -0.1) is 0 Å². The Labute approximate surface area is 182 Å². The Hall–Kier alpha value is -2.20. The highest BCUT2D eigenvalue weighted by atomic mass is 32.2. The minimum Gasteiger partial charge on any atom is -0.368 e. The Morgan fingerprint density at radius 2 is 1.74 bits per heavy atom. The Morgan fingerprint density at radius 3 is 2.39 bits per heavy atom. The fourth-order valence-electron chi connectivity index (χ4n) is 5.52. The third-order valence-corrected chi connectivity index (χ3v) is 8.94. The van der Waals surface area contributed by atoms with Gasteiger partial charge < -0.3 is 10.6 Å². The van der Waals surface area contributed by atoms with E-state index in [9.17, 15) is 23.3 Å². The van der Waals surface area contributed by atoms with Crippen LogP contribution in [0.3, 0.4) is 0 Å². The molecular weight excluding hydrogens is 420 g/mol. The van der Waals surface area contributed by atoms with Gasteiger partial charge in [-0.25, -0.2) is 8.42 Å². The molecule has 9 nitrogen and oxygen atoms in total. The van der Waals surface area contributed by atoms with Crippen molar-refractivity contribution in [2.75, 3.05) is 18.0 Å². The second-order valence-corrected chi connectivity index (χ2v) is 10.8. The molecule has 3 atom stereocenters. The summed E-state index contributed by atoms with van der Waals surface area (Å²) >= 11 is 0. The number of nitro benzene ring substituents is 1. The lowest BCUT2D eigenvalue weighted by Crippen LogP contribution is -2.45. The maximum atomic E-state index is 13.2. The highest BCUT2D eigenvalue weighted by Gasteiger charge is 2.46. The van der Waals surface area contributed by atoms with E-state index in [1.54, 1.807) is 4.90 Å². The molecule has 4 rings (SSSR count). The summed E-state index contributed by atoms with van der Waals surface area (Å²) < 4.78 is 27.8. The van der Waals surface area contributed by atoms with Gasteiger partial charge in [0.25, 0.3) is 5.69 Å². The van der Waals surface area contributed by atoms with Crippen molar-refractivity contribution in [1.29, 1.82) is 0 Å². The molecule has 3 aliphatic rings. The highest BCUT2D eigenvalue weighted by molar-refractivity contribution is 7.89. The lowest BCUT2D eigenvalue weighted by Gasteiger charge is -2.34. The maximum Gasteiger partial charge on any atom is 0.293 e. The number of nitro groups is 1. The van der Waals surface area contributed by atoms with Crippen LogP contribution in [0, 0.1) is 16.0 Å². The Morgan fingerprint density at radius 1 is 1.06 bits per heavy atom. The predicted octanol–water partition coefficient (Wildman–Crippen LogP) is 2.78. The zero-order chi connectivity index (χ0) is 22.2. The van der Waals surface area contributed by atoms with Crippen molar-refractivity contribution in [2.24, 2.45) is 11.7 Å². The van der Waals surface area contributed by atoms with Crippen LogP contribution in [0.25, 0.3) is 0 Å². The molecule has 2 heterocycles. The first-order chi connectivity index (χ1) is 14.8. The van der Waals surface area contributed by atoms with Gasteiger partial charge in [0, 0.05) is 25.2 Å². The molecule has 1 aromatic carbocycles. The van der Waals surface area contributed by atoms with Gasteiger partial charge in [0.15, 0.2) is 0 Å². The average Bonchev–Trinajstić information content (AvgIpc) is 2.92. The maximum absolute atomic E-state index is 13.2. The summed E-state index contributed by atoms with van der Waals surface area (Å²) in [6.45, 7) is 0.856. The van der Waals surface area contributed by atoms with Gasteiger partial charge in [0.2, 0.25) is 15.9 Å². The molecule has 0 radical (unpaired) electrons. The van der Waals surface area contributed by atoms with E-state index in [2.05, 4.69) is 0 Å². The highest BCUT2D eigenvalue weighted by Crippen LogP contribution is 2.45. The number of nitrogens with zero attached hydrogens (tertiary/aromatic N) is 3. The number of amides is 1. The number of hydrogen-bond acceptors (Lipinski definition) is 6. The molecule has 2 saturated heterocycles. The van der Waals surface area contributed by atoms with Crippen LogP contribution in [0.1, 0.15) is 57.8 Å². The molecule has 0 aromatic heterocycles. The quantitative estimate of drug-likeness (QED) is 0.543. The molecule has 10 heteroatoms. The molecular formula is C21H30N4O5S. The Kier molecular flexibility index (Phi) is 6.20. The number of carbonyl (C=O) groups excluding carboxylic acids is 1. The lowest BCUT2D eigenvalue weighted by molar-refractivity contribution is -0.384. The van der Waals surface area contributed by atoms with E-state index in [0.717, 1.165) is 57.4 Å². The molecule has 3 fully saturated rings. The average molecular weight is 451 g/mol. The predicted molar refractivity (Wildman–Crippen MR) is 116 cm³/mol. The van der Waals surface area contributed by atoms with Crippen LogP contribution < -0.4 is 10.6 Å². The largest absolute Gasteiger partial charge is 0.368 e. The number of benzene rings is 1. The first-order valence-corrected chi connectivity index (χ1v) is 12.6. The van der Waals surface area contributed by atoms with Crippen LogP contribution in [0.15, 0.2) is 23.1 Å². The number of sulfonamides is 1. The van der Waals surface area contributed by atoms with Crippen LogP contribution in [0.2, 0.25) is 0 Å². The summed E-state index contributed by atoms with van der Waals surface area (Å²) in [6.07, 6.45) is 8.03. The summed E-state index contributed by atoms with van der Waals surface area (Å²) in [5.74, 6) is -0.226. The Balaban J connectivity index is 1.74. The lowest BCUT2D eigenvalue weighted by atomic mass is 9.84. The fraction of sp³-hybridized carbons (Fsp3) is 0.667. The number of primary amides is 1. The van der Waals surface area contributed by atoms with Crippen molar-refractivity contribution in [1.82, 2.24) is 4.31 Å². The van der Waals surface area contributed by atoms with Crippen LogP contribution in [-0.4, -0.2) is 48.7 Å². The van der Waals surface area contributed by atoms with Gasteiger partial charge >= 0.3 is 0 Å². The molecule has 2 N–H and O–H groups in total. The Bertz CT molecular complexity index is 959. The van der Waals surface area contributed by atoms with Crippen LogP contribution in [-0.2, 0) is 14.8 Å². The number of rotatable bonds is 5. The molecule has 0 bridgehead atoms. The number of carbonyl (C=O) groups is 1. The molecule has 1 aliphatic carbocycles. The standard InChI is InChI=1S/C21H30N4O5S/c22-21(26)20-13-15-7-3-4-8-17(15)24(20)18-10-9-16(14-19(18)25(27)28)31(29,30)23-11-5-1-2-6-12-23/h9-10,14-15,17,20H,1-8,11-13H2,(H2,22,26)/t15-,17-,20+/m0/s1. The second kappa shape index (κ2) is 8.74. The molecule has 1 aromatic rings. The molecule has 2 aliphatic heterocycles. The first-order valence-electron chi connectivity index (χ1n) is 11.2. The van der Waals surface area contributed by atoms with E-state index >= 15 is 0 Å². The zero-order valence-corrected chi connectivity index (χ0v) is 18.4. The van der Waals surface area contributed by atoms with E-state index in [1.807, 2.05) is 0 Å². The van der Waals surface area contributed by atoms with E-state index in [4.69, 9.17) is 5.73 Å². The zero-order valence-electron chi connectivity index (χ0n) is 17.6. The monoisotopic (exact) mass is 450 g/mol. The summed E-state index contributed by atoms with van der Waals surface area (Å²) in [5.41, 5.74) is 5.67. The van der Waals surface area contributed by atoms with Crippen LogP contribution >= 0.6 is 0 Å². The number of hydrogen-bond donors (Lipinski definition) is 1. The summed E-state index contributed by atoms with van der Waals surface area (Å²) in [7, 11) is -3.82. The first kappa shape index (κ1) is 22.0. The van der Waals surface area contributed by atoms with E-state index < -0.39 is 26.9 Å². The van der Waals surface area contributed by atoms with Gasteiger partial charge in [0.1, 0.15) is 11.7 Å². The molecule has 1 amide bonds. The van der Waals surface area contributed by atoms with Gasteiger partial charge in [-0.2, -0.15) is 4.31 Å². The minimum atomic E-state index is -3.82. The molecule has 0 unspecified atom stereocenters. The molecule has 1 saturated carbocycles. The molecule has 0 spiro atoms. The van der Waals surface area contributed by atoms with Crippen molar-refractivity contribution in [3.05, 3.63) is 28.3 Å². The van der Waals surface area contributed by atoms with Gasteiger partial charge in [0.05, 0.1) is 9.82 Å². The van der Waals surface area contributed by atoms with Gasteiger partial charge in [-0.05, 0) is 50.2 Å². The van der Waals surface area contributed by atoms with Crippen LogP contribution in [0.4, 0.5) is 11.4 Å². The van der Waals surface area contributed by atoms with Gasteiger partial charge in [-0.1, -0.05) is 25.7 Å². The van der Waals surface area contributed by atoms with Crippen molar-refractivity contribution in [3.63, 3.8) is 0 Å². The minimum absolute atomic E-state index is 0.0121. The van der Waals surface area contributed by atoms with Crippen molar-refractivity contribution >= 4 is 27.3 Å². The summed E-state index contributed by atoms with van der Waals surface area (Å²) in [4.78, 5) is 25.3. The summed E-state index contributed by atoms with van der Waals surface area (Å²) in [5, 5.41) is 12.0. The second-order valence-electron chi connectivity index (χ2n) is 8.90. The van der Waals surface area contributed by atoms with Crippen molar-refractivity contribution in [2.45, 2.75) is 74.8 Å². The molecule has 31 heavy (non-hydrogen) atoms. The smallest absolute Gasteiger partial charge is 0.293 e. The third kappa shape index (κ3) is 4.15. The SMILES string of the molecule is NC(=O)[C@H]1C[C@@H]2CCCC[C@@H]2N1c1ccc(S(=O)(=O)N2CCCCCC2)cc1[N+](=O)[O-]. The van der Waals surface area contributed by atoms with E-state index in [-0.39, 0.29) is 28.2 Å². The third-order valence-electron chi connectivity index (χ3n) is 7.04.